The molecule has 1 unspecified atom stereocenters. The van der Waals surface area contributed by atoms with Crippen LogP contribution in [-0.4, -0.2) is 66.1 Å². The Morgan fingerprint density at radius 2 is 1.85 bits per heavy atom. The number of piperazine rings is 1. The van der Waals surface area contributed by atoms with Gasteiger partial charge in [-0.2, -0.15) is 0 Å². The number of likely N-dealkylation sites (tertiary alicyclic amines) is 1. The van der Waals surface area contributed by atoms with Crippen molar-refractivity contribution in [2.45, 2.75) is 51.5 Å². The maximum Gasteiger partial charge on any atom is 0.321 e. The highest BCUT2D eigenvalue weighted by molar-refractivity contribution is 5.89. The summed E-state index contributed by atoms with van der Waals surface area (Å²) in [6.07, 6.45) is 9.66. The molecule has 1 N–H and O–H groups in total. The molecular formula is C21H33N5O. The zero-order valence-electron chi connectivity index (χ0n) is 16.6. The summed E-state index contributed by atoms with van der Waals surface area (Å²) in [5.41, 5.74) is 0.849. The fourth-order valence-electron chi connectivity index (χ4n) is 4.83. The summed E-state index contributed by atoms with van der Waals surface area (Å²) in [7, 11) is 0. The van der Waals surface area contributed by atoms with Crippen molar-refractivity contribution in [1.82, 2.24) is 14.8 Å². The molecule has 1 aromatic rings. The van der Waals surface area contributed by atoms with Gasteiger partial charge < -0.3 is 15.1 Å². The SMILES string of the molecule is CC1CCCN(C(=O)Nc2ccnc(N3CCN(C4CCCC4)CC3)c2)C1. The van der Waals surface area contributed by atoms with Crippen LogP contribution < -0.4 is 10.2 Å². The molecule has 6 nitrogen and oxygen atoms in total. The van der Waals surface area contributed by atoms with Gasteiger partial charge in [0.2, 0.25) is 0 Å². The Morgan fingerprint density at radius 3 is 2.59 bits per heavy atom. The molecule has 1 aliphatic carbocycles. The van der Waals surface area contributed by atoms with Crippen molar-refractivity contribution in [2.75, 3.05) is 49.5 Å². The summed E-state index contributed by atoms with van der Waals surface area (Å²) in [4.78, 5) is 24.1. The first-order chi connectivity index (χ1) is 13.2. The third-order valence-electron chi connectivity index (χ3n) is 6.42. The molecule has 6 heteroatoms. The summed E-state index contributed by atoms with van der Waals surface area (Å²) in [5, 5.41) is 3.08. The van der Waals surface area contributed by atoms with Gasteiger partial charge in [-0.3, -0.25) is 4.90 Å². The number of nitrogens with zero attached hydrogens (tertiary/aromatic N) is 4. The van der Waals surface area contributed by atoms with Gasteiger partial charge in [0, 0.05) is 63.3 Å². The Kier molecular flexibility index (Phi) is 5.81. The number of anilines is 2. The van der Waals surface area contributed by atoms with E-state index in [9.17, 15) is 4.79 Å². The zero-order chi connectivity index (χ0) is 18.6. The van der Waals surface area contributed by atoms with E-state index < -0.39 is 0 Å². The largest absolute Gasteiger partial charge is 0.354 e. The Balaban J connectivity index is 1.33. The summed E-state index contributed by atoms with van der Waals surface area (Å²) in [6.45, 7) is 8.21. The van der Waals surface area contributed by atoms with Gasteiger partial charge in [-0.1, -0.05) is 19.8 Å². The molecule has 2 amide bonds. The molecule has 27 heavy (non-hydrogen) atoms. The maximum atomic E-state index is 12.6. The number of hydrogen-bond donors (Lipinski definition) is 1. The highest BCUT2D eigenvalue weighted by Gasteiger charge is 2.27. The fraction of sp³-hybridized carbons (Fsp3) is 0.714. The predicted molar refractivity (Wildman–Crippen MR) is 109 cm³/mol. The van der Waals surface area contributed by atoms with Crippen molar-refractivity contribution in [1.29, 1.82) is 0 Å². The zero-order valence-corrected chi connectivity index (χ0v) is 16.6. The van der Waals surface area contributed by atoms with Gasteiger partial charge >= 0.3 is 6.03 Å². The van der Waals surface area contributed by atoms with E-state index in [2.05, 4.69) is 27.0 Å². The smallest absolute Gasteiger partial charge is 0.321 e. The van der Waals surface area contributed by atoms with Gasteiger partial charge in [-0.15, -0.1) is 0 Å². The molecular weight excluding hydrogens is 338 g/mol. The van der Waals surface area contributed by atoms with E-state index in [4.69, 9.17) is 0 Å². The third kappa shape index (κ3) is 4.54. The van der Waals surface area contributed by atoms with Crippen LogP contribution in [0.1, 0.15) is 45.4 Å². The number of piperidine rings is 1. The average molecular weight is 372 g/mol. The van der Waals surface area contributed by atoms with Crippen LogP contribution in [0.4, 0.5) is 16.3 Å². The fourth-order valence-corrected chi connectivity index (χ4v) is 4.83. The highest BCUT2D eigenvalue weighted by Crippen LogP contribution is 2.26. The molecule has 4 rings (SSSR count). The van der Waals surface area contributed by atoms with E-state index >= 15 is 0 Å². The van der Waals surface area contributed by atoms with E-state index in [1.54, 1.807) is 0 Å². The second-order valence-corrected chi connectivity index (χ2v) is 8.49. The van der Waals surface area contributed by atoms with Gasteiger partial charge in [0.25, 0.3) is 0 Å². The summed E-state index contributed by atoms with van der Waals surface area (Å²) >= 11 is 0. The Morgan fingerprint density at radius 1 is 1.07 bits per heavy atom. The molecule has 0 bridgehead atoms. The molecule has 3 fully saturated rings. The molecule has 1 saturated carbocycles. The van der Waals surface area contributed by atoms with E-state index in [-0.39, 0.29) is 6.03 Å². The van der Waals surface area contributed by atoms with Crippen molar-refractivity contribution in [3.05, 3.63) is 18.3 Å². The topological polar surface area (TPSA) is 51.7 Å². The second-order valence-electron chi connectivity index (χ2n) is 8.49. The number of rotatable bonds is 3. The maximum absolute atomic E-state index is 12.6. The van der Waals surface area contributed by atoms with Crippen LogP contribution in [-0.2, 0) is 0 Å². The molecule has 1 atom stereocenters. The normalized spacial score (nSPS) is 25.0. The number of amides is 2. The van der Waals surface area contributed by atoms with E-state index in [0.29, 0.717) is 5.92 Å². The lowest BCUT2D eigenvalue weighted by Crippen LogP contribution is -2.50. The number of urea groups is 1. The lowest BCUT2D eigenvalue weighted by molar-refractivity contribution is 0.182. The second kappa shape index (κ2) is 8.46. The highest BCUT2D eigenvalue weighted by atomic mass is 16.2. The van der Waals surface area contributed by atoms with E-state index in [1.165, 1.54) is 32.1 Å². The Labute approximate surface area is 162 Å². The van der Waals surface area contributed by atoms with Gasteiger partial charge in [0.15, 0.2) is 0 Å². The van der Waals surface area contributed by atoms with Crippen molar-refractivity contribution in [2.24, 2.45) is 5.92 Å². The predicted octanol–water partition coefficient (Wildman–Crippen LogP) is 3.41. The molecule has 3 heterocycles. The van der Waals surface area contributed by atoms with E-state index in [0.717, 1.165) is 63.2 Å². The first kappa shape index (κ1) is 18.5. The minimum absolute atomic E-state index is 0.0183. The minimum atomic E-state index is 0.0183. The van der Waals surface area contributed by atoms with Crippen LogP contribution in [0.25, 0.3) is 0 Å². The molecule has 0 radical (unpaired) electrons. The van der Waals surface area contributed by atoms with Gasteiger partial charge in [-0.05, 0) is 37.7 Å². The van der Waals surface area contributed by atoms with Gasteiger partial charge in [0.05, 0.1) is 0 Å². The number of nitrogens with one attached hydrogen (secondary N) is 1. The number of pyridine rings is 1. The first-order valence-electron chi connectivity index (χ1n) is 10.7. The molecule has 3 aliphatic rings. The van der Waals surface area contributed by atoms with Crippen molar-refractivity contribution in [3.8, 4) is 0 Å². The number of carbonyl (C=O) groups excluding carboxylic acids is 1. The molecule has 2 aliphatic heterocycles. The van der Waals surface area contributed by atoms with Crippen molar-refractivity contribution in [3.63, 3.8) is 0 Å². The van der Waals surface area contributed by atoms with Crippen LogP contribution in [0.3, 0.4) is 0 Å². The third-order valence-corrected chi connectivity index (χ3v) is 6.42. The summed E-state index contributed by atoms with van der Waals surface area (Å²) in [5.74, 6) is 1.57. The van der Waals surface area contributed by atoms with Crippen LogP contribution in [0.2, 0.25) is 0 Å². The quantitative estimate of drug-likeness (QED) is 0.885. The lowest BCUT2D eigenvalue weighted by atomic mass is 10.0. The van der Waals surface area contributed by atoms with Gasteiger partial charge in [-0.25, -0.2) is 9.78 Å². The van der Waals surface area contributed by atoms with Gasteiger partial charge in [0.1, 0.15) is 5.82 Å². The standard InChI is InChI=1S/C21H33N5O/c1-17-5-4-10-26(16-17)21(27)23-18-8-9-22-20(15-18)25-13-11-24(12-14-25)19-6-2-3-7-19/h8-9,15,17,19H,2-7,10-14,16H2,1H3,(H,22,23,27). The van der Waals surface area contributed by atoms with E-state index in [1.807, 2.05) is 23.2 Å². The molecule has 0 aromatic carbocycles. The number of carbonyl (C=O) groups is 1. The first-order valence-corrected chi connectivity index (χ1v) is 10.7. The Bertz CT molecular complexity index is 637. The summed E-state index contributed by atoms with van der Waals surface area (Å²) in [6, 6.07) is 4.74. The number of hydrogen-bond acceptors (Lipinski definition) is 4. The molecule has 148 valence electrons. The Hall–Kier alpha value is -1.82. The number of aromatic nitrogens is 1. The minimum Gasteiger partial charge on any atom is -0.354 e. The lowest BCUT2D eigenvalue weighted by Gasteiger charge is -2.38. The van der Waals surface area contributed by atoms with Crippen LogP contribution in [0, 0.1) is 5.92 Å². The monoisotopic (exact) mass is 371 g/mol. The van der Waals surface area contributed by atoms with Crippen LogP contribution >= 0.6 is 0 Å². The molecule has 1 aromatic heterocycles. The molecule has 0 spiro atoms. The average Bonchev–Trinajstić information content (AvgIpc) is 3.23. The summed E-state index contributed by atoms with van der Waals surface area (Å²) < 4.78 is 0. The van der Waals surface area contributed by atoms with Crippen LogP contribution in [0.5, 0.6) is 0 Å². The van der Waals surface area contributed by atoms with Crippen molar-refractivity contribution >= 4 is 17.5 Å². The van der Waals surface area contributed by atoms with Crippen LogP contribution in [0.15, 0.2) is 18.3 Å². The molecule has 2 saturated heterocycles. The van der Waals surface area contributed by atoms with Crippen molar-refractivity contribution < 1.29 is 4.79 Å².